The van der Waals surface area contributed by atoms with Gasteiger partial charge in [-0.05, 0) is 46.7 Å². The first-order chi connectivity index (χ1) is 9.83. The first kappa shape index (κ1) is 16.6. The minimum absolute atomic E-state index is 0.110. The Bertz CT molecular complexity index is 373. The lowest BCUT2D eigenvalue weighted by Crippen LogP contribution is -2.53. The van der Waals surface area contributed by atoms with Gasteiger partial charge in [-0.3, -0.25) is 9.89 Å². The van der Waals surface area contributed by atoms with Crippen LogP contribution in [0.5, 0.6) is 0 Å². The van der Waals surface area contributed by atoms with Crippen LogP contribution in [0.1, 0.15) is 33.6 Å². The maximum atomic E-state index is 4.39. The highest BCUT2D eigenvalue weighted by atomic mass is 15.3. The number of hydrogen-bond acceptors (Lipinski definition) is 3. The maximum Gasteiger partial charge on any atom is 0.191 e. The molecule has 2 unspecified atom stereocenters. The first-order valence-corrected chi connectivity index (χ1v) is 8.22. The lowest BCUT2D eigenvalue weighted by Gasteiger charge is -2.33. The second-order valence-corrected chi connectivity index (χ2v) is 7.55. The standard InChI is InChI=1S/C16H33N5/c1-12-9-21(13-7-8-13)10-14(12)19-15(17-4)18-11-16(2,3)20(5)6/h12-14H,7-11H2,1-6H3,(H2,17,18,19). The highest BCUT2D eigenvalue weighted by Gasteiger charge is 2.38. The smallest absolute Gasteiger partial charge is 0.191 e. The minimum atomic E-state index is 0.110. The SMILES string of the molecule is CN=C(NCC(C)(C)N(C)C)NC1CN(C2CC2)CC1C. The summed E-state index contributed by atoms with van der Waals surface area (Å²) in [4.78, 5) is 9.27. The fourth-order valence-corrected chi connectivity index (χ4v) is 2.76. The summed E-state index contributed by atoms with van der Waals surface area (Å²) in [5.41, 5.74) is 0.110. The third-order valence-electron chi connectivity index (χ3n) is 5.15. The highest BCUT2D eigenvalue weighted by molar-refractivity contribution is 5.80. The minimum Gasteiger partial charge on any atom is -0.355 e. The number of hydrogen-bond donors (Lipinski definition) is 2. The average Bonchev–Trinajstić information content (AvgIpc) is 3.20. The van der Waals surface area contributed by atoms with Crippen molar-refractivity contribution >= 4 is 5.96 Å². The summed E-state index contributed by atoms with van der Waals surface area (Å²) in [6, 6.07) is 1.38. The number of guanidine groups is 1. The van der Waals surface area contributed by atoms with E-state index in [1.807, 2.05) is 7.05 Å². The van der Waals surface area contributed by atoms with Crippen molar-refractivity contribution in [3.05, 3.63) is 0 Å². The van der Waals surface area contributed by atoms with E-state index in [4.69, 9.17) is 0 Å². The molecule has 0 aromatic carbocycles. The van der Waals surface area contributed by atoms with Gasteiger partial charge in [0.15, 0.2) is 5.96 Å². The predicted octanol–water partition coefficient (Wildman–Crippen LogP) is 0.974. The van der Waals surface area contributed by atoms with Gasteiger partial charge in [0.05, 0.1) is 0 Å². The Morgan fingerprint density at radius 3 is 2.48 bits per heavy atom. The van der Waals surface area contributed by atoms with E-state index in [0.29, 0.717) is 12.0 Å². The summed E-state index contributed by atoms with van der Waals surface area (Å²) in [6.45, 7) is 10.1. The normalized spacial score (nSPS) is 28.2. The molecule has 0 spiro atoms. The van der Waals surface area contributed by atoms with Crippen molar-refractivity contribution in [2.24, 2.45) is 10.9 Å². The topological polar surface area (TPSA) is 42.9 Å². The van der Waals surface area contributed by atoms with Gasteiger partial charge in [0, 0.05) is 44.3 Å². The zero-order valence-corrected chi connectivity index (χ0v) is 14.6. The zero-order valence-electron chi connectivity index (χ0n) is 14.6. The van der Waals surface area contributed by atoms with Gasteiger partial charge in [-0.1, -0.05) is 6.92 Å². The maximum absolute atomic E-state index is 4.39. The lowest BCUT2D eigenvalue weighted by molar-refractivity contribution is 0.197. The Hall–Kier alpha value is -0.810. The van der Waals surface area contributed by atoms with Crippen LogP contribution < -0.4 is 10.6 Å². The molecule has 1 saturated carbocycles. The number of nitrogens with zero attached hydrogens (tertiary/aromatic N) is 3. The monoisotopic (exact) mass is 295 g/mol. The molecule has 2 aliphatic rings. The number of likely N-dealkylation sites (N-methyl/N-ethyl adjacent to an activating group) is 1. The molecule has 0 aromatic heterocycles. The summed E-state index contributed by atoms with van der Waals surface area (Å²) < 4.78 is 0. The van der Waals surface area contributed by atoms with E-state index < -0.39 is 0 Å². The van der Waals surface area contributed by atoms with Gasteiger partial charge in [0.25, 0.3) is 0 Å². The van der Waals surface area contributed by atoms with E-state index in [-0.39, 0.29) is 5.54 Å². The van der Waals surface area contributed by atoms with Crippen LogP contribution in [0.25, 0.3) is 0 Å². The number of likely N-dealkylation sites (tertiary alicyclic amines) is 1. The van der Waals surface area contributed by atoms with Gasteiger partial charge in [-0.2, -0.15) is 0 Å². The third kappa shape index (κ3) is 4.33. The van der Waals surface area contributed by atoms with Crippen molar-refractivity contribution in [3.63, 3.8) is 0 Å². The van der Waals surface area contributed by atoms with Gasteiger partial charge in [0.1, 0.15) is 0 Å². The molecule has 1 saturated heterocycles. The van der Waals surface area contributed by atoms with Gasteiger partial charge in [-0.15, -0.1) is 0 Å². The Labute approximate surface area is 130 Å². The predicted molar refractivity (Wildman–Crippen MR) is 89.8 cm³/mol. The number of aliphatic imine (C=N–C) groups is 1. The molecule has 1 aliphatic carbocycles. The van der Waals surface area contributed by atoms with Crippen LogP contribution in [-0.2, 0) is 0 Å². The molecule has 0 radical (unpaired) electrons. The fourth-order valence-electron chi connectivity index (χ4n) is 2.76. The molecule has 5 nitrogen and oxygen atoms in total. The molecule has 122 valence electrons. The van der Waals surface area contributed by atoms with E-state index in [2.05, 4.69) is 60.3 Å². The second-order valence-electron chi connectivity index (χ2n) is 7.55. The van der Waals surface area contributed by atoms with Gasteiger partial charge in [0.2, 0.25) is 0 Å². The van der Waals surface area contributed by atoms with E-state index in [9.17, 15) is 0 Å². The van der Waals surface area contributed by atoms with E-state index in [0.717, 1.165) is 25.1 Å². The van der Waals surface area contributed by atoms with Crippen LogP contribution in [0.2, 0.25) is 0 Å². The van der Waals surface area contributed by atoms with Crippen LogP contribution in [-0.4, -0.2) is 74.2 Å². The van der Waals surface area contributed by atoms with Gasteiger partial charge in [-0.25, -0.2) is 0 Å². The highest BCUT2D eigenvalue weighted by Crippen LogP contribution is 2.31. The lowest BCUT2D eigenvalue weighted by atomic mass is 10.0. The van der Waals surface area contributed by atoms with Crippen molar-refractivity contribution in [2.75, 3.05) is 40.8 Å². The third-order valence-corrected chi connectivity index (χ3v) is 5.15. The van der Waals surface area contributed by atoms with E-state index >= 15 is 0 Å². The largest absolute Gasteiger partial charge is 0.355 e. The molecule has 0 amide bonds. The molecule has 2 fully saturated rings. The summed E-state index contributed by atoms with van der Waals surface area (Å²) in [5.74, 6) is 1.62. The van der Waals surface area contributed by atoms with Crippen molar-refractivity contribution in [2.45, 2.75) is 51.2 Å². The van der Waals surface area contributed by atoms with Crippen LogP contribution in [0.15, 0.2) is 4.99 Å². The van der Waals surface area contributed by atoms with Crippen LogP contribution in [0, 0.1) is 5.92 Å². The quantitative estimate of drug-likeness (QED) is 0.586. The molecule has 21 heavy (non-hydrogen) atoms. The summed E-state index contributed by atoms with van der Waals surface area (Å²) in [5, 5.41) is 7.10. The van der Waals surface area contributed by atoms with Gasteiger partial charge < -0.3 is 15.5 Å². The molecule has 1 aliphatic heterocycles. The van der Waals surface area contributed by atoms with Crippen LogP contribution in [0.3, 0.4) is 0 Å². The second kappa shape index (κ2) is 6.53. The zero-order chi connectivity index (χ0) is 15.6. The van der Waals surface area contributed by atoms with Crippen LogP contribution >= 0.6 is 0 Å². The Morgan fingerprint density at radius 1 is 1.29 bits per heavy atom. The first-order valence-electron chi connectivity index (χ1n) is 8.22. The van der Waals surface area contributed by atoms with Crippen molar-refractivity contribution in [1.29, 1.82) is 0 Å². The van der Waals surface area contributed by atoms with Crippen molar-refractivity contribution in [1.82, 2.24) is 20.4 Å². The fraction of sp³-hybridized carbons (Fsp3) is 0.938. The molecule has 0 aromatic rings. The number of nitrogens with one attached hydrogen (secondary N) is 2. The van der Waals surface area contributed by atoms with Crippen LogP contribution in [0.4, 0.5) is 0 Å². The van der Waals surface area contributed by atoms with E-state index in [1.165, 1.54) is 19.4 Å². The molecule has 2 atom stereocenters. The number of rotatable bonds is 5. The molecule has 2 rings (SSSR count). The molecule has 2 N–H and O–H groups in total. The average molecular weight is 295 g/mol. The summed E-state index contributed by atoms with van der Waals surface area (Å²) >= 11 is 0. The molecule has 5 heteroatoms. The Kier molecular flexibility index (Phi) is 5.15. The summed E-state index contributed by atoms with van der Waals surface area (Å²) in [6.07, 6.45) is 2.78. The van der Waals surface area contributed by atoms with Crippen molar-refractivity contribution in [3.8, 4) is 0 Å². The molecular weight excluding hydrogens is 262 g/mol. The Balaban J connectivity index is 1.82. The summed E-state index contributed by atoms with van der Waals surface area (Å²) in [7, 11) is 6.09. The Morgan fingerprint density at radius 2 is 1.95 bits per heavy atom. The van der Waals surface area contributed by atoms with Crippen molar-refractivity contribution < 1.29 is 0 Å². The van der Waals surface area contributed by atoms with Gasteiger partial charge >= 0.3 is 0 Å². The van der Waals surface area contributed by atoms with E-state index in [1.54, 1.807) is 0 Å². The molecule has 0 bridgehead atoms. The molecular formula is C16H33N5. The molecule has 1 heterocycles.